The van der Waals surface area contributed by atoms with E-state index in [0.29, 0.717) is 0 Å². The van der Waals surface area contributed by atoms with Gasteiger partial charge < -0.3 is 0 Å². The lowest BCUT2D eigenvalue weighted by atomic mass is 10.4. The van der Waals surface area contributed by atoms with Crippen LogP contribution in [0, 0.1) is 0 Å². The number of rotatable bonds is 0. The molecule has 2 saturated heterocycles. The van der Waals surface area contributed by atoms with Gasteiger partial charge in [0.25, 0.3) is 0 Å². The normalized spacial score (nSPS) is 38.2. The summed E-state index contributed by atoms with van der Waals surface area (Å²) in [7, 11) is 0. The predicted molar refractivity (Wildman–Crippen MR) is 37.1 cm³/mol. The molecule has 8 heavy (non-hydrogen) atoms. The van der Waals surface area contributed by atoms with Crippen molar-refractivity contribution in [2.75, 3.05) is 18.8 Å². The molecule has 0 saturated carbocycles. The molecule has 0 bridgehead atoms. The van der Waals surface area contributed by atoms with Crippen LogP contribution in [0.4, 0.5) is 0 Å². The van der Waals surface area contributed by atoms with Crippen molar-refractivity contribution >= 4 is 11.8 Å². The van der Waals surface area contributed by atoms with Crippen LogP contribution in [0.15, 0.2) is 0 Å². The summed E-state index contributed by atoms with van der Waals surface area (Å²) in [6.45, 7) is 2.73. The Labute approximate surface area is 54.4 Å². The molecule has 2 rings (SSSR count). The first-order chi connectivity index (χ1) is 3.97. The monoisotopic (exact) mass is 129 g/mol. The molecule has 2 heterocycles. The van der Waals surface area contributed by atoms with Gasteiger partial charge in [0.2, 0.25) is 0 Å². The number of thioether (sulfide) groups is 1. The Morgan fingerprint density at radius 2 is 2.38 bits per heavy atom. The molecule has 0 spiro atoms. The molecule has 1 atom stereocenters. The fourth-order valence-electron chi connectivity index (χ4n) is 1.55. The van der Waals surface area contributed by atoms with E-state index in [1.165, 1.54) is 31.7 Å². The van der Waals surface area contributed by atoms with Gasteiger partial charge in [0, 0.05) is 12.3 Å². The summed E-state index contributed by atoms with van der Waals surface area (Å²) in [6, 6.07) is 0. The van der Waals surface area contributed by atoms with Crippen molar-refractivity contribution in [3.05, 3.63) is 0 Å². The van der Waals surface area contributed by atoms with E-state index in [1.54, 1.807) is 0 Å². The van der Waals surface area contributed by atoms with Crippen molar-refractivity contribution in [3.8, 4) is 0 Å². The van der Waals surface area contributed by atoms with E-state index in [-0.39, 0.29) is 0 Å². The van der Waals surface area contributed by atoms with Crippen LogP contribution in [0.3, 0.4) is 0 Å². The van der Waals surface area contributed by atoms with Gasteiger partial charge in [-0.3, -0.25) is 4.90 Å². The lowest BCUT2D eigenvalue weighted by Crippen LogP contribution is -2.20. The second kappa shape index (κ2) is 1.92. The van der Waals surface area contributed by atoms with Crippen molar-refractivity contribution in [2.45, 2.75) is 18.2 Å². The number of nitrogens with zero attached hydrogens (tertiary/aromatic N) is 1. The minimum absolute atomic E-state index is 0.926. The zero-order valence-electron chi connectivity index (χ0n) is 4.97. The summed E-state index contributed by atoms with van der Waals surface area (Å²) in [6.07, 6.45) is 2.89. The van der Waals surface area contributed by atoms with Crippen molar-refractivity contribution in [1.82, 2.24) is 4.90 Å². The highest BCUT2D eigenvalue weighted by Gasteiger charge is 2.28. The molecule has 2 fully saturated rings. The van der Waals surface area contributed by atoms with Gasteiger partial charge in [-0.1, -0.05) is 0 Å². The van der Waals surface area contributed by atoms with Crippen LogP contribution in [-0.2, 0) is 0 Å². The summed E-state index contributed by atoms with van der Waals surface area (Å²) in [5, 5.41) is 0.926. The summed E-state index contributed by atoms with van der Waals surface area (Å²) < 4.78 is 0. The minimum atomic E-state index is 0.926. The van der Waals surface area contributed by atoms with Gasteiger partial charge in [0.1, 0.15) is 0 Å². The maximum atomic E-state index is 2.60. The fraction of sp³-hybridized carbons (Fsp3) is 1.00. The average Bonchev–Trinajstić information content (AvgIpc) is 2.15. The smallest absolute Gasteiger partial charge is 0.0558 e. The molecule has 0 amide bonds. The maximum absolute atomic E-state index is 2.60. The summed E-state index contributed by atoms with van der Waals surface area (Å²) in [5.74, 6) is 1.38. The van der Waals surface area contributed by atoms with E-state index >= 15 is 0 Å². The molecule has 2 aliphatic heterocycles. The molecular weight excluding hydrogens is 118 g/mol. The predicted octanol–water partition coefficient (Wildman–Crippen LogP) is 1.16. The van der Waals surface area contributed by atoms with Crippen LogP contribution in [-0.4, -0.2) is 29.1 Å². The van der Waals surface area contributed by atoms with Crippen LogP contribution in [0.2, 0.25) is 0 Å². The first-order valence-electron chi connectivity index (χ1n) is 3.32. The lowest BCUT2D eigenvalue weighted by Gasteiger charge is -2.10. The van der Waals surface area contributed by atoms with E-state index in [4.69, 9.17) is 0 Å². The van der Waals surface area contributed by atoms with Crippen molar-refractivity contribution < 1.29 is 0 Å². The number of hydrogen-bond donors (Lipinski definition) is 0. The summed E-state index contributed by atoms with van der Waals surface area (Å²) in [5.41, 5.74) is 0. The van der Waals surface area contributed by atoms with Crippen molar-refractivity contribution in [3.63, 3.8) is 0 Å². The fourth-order valence-corrected chi connectivity index (χ4v) is 2.91. The topological polar surface area (TPSA) is 3.24 Å². The van der Waals surface area contributed by atoms with Gasteiger partial charge in [0.05, 0.1) is 5.37 Å². The minimum Gasteiger partial charge on any atom is -0.291 e. The van der Waals surface area contributed by atoms with Gasteiger partial charge in [-0.05, 0) is 19.4 Å². The Morgan fingerprint density at radius 3 is 3.25 bits per heavy atom. The Balaban J connectivity index is 2.04. The standard InChI is InChI=1S/C6H11NS/c1-2-6-7(3-1)4-5-8-6/h6H,1-5H2/t6-/m1/s1. The second-order valence-electron chi connectivity index (χ2n) is 2.50. The highest BCUT2D eigenvalue weighted by Crippen LogP contribution is 2.31. The van der Waals surface area contributed by atoms with Gasteiger partial charge in [-0.2, -0.15) is 0 Å². The third kappa shape index (κ3) is 0.669. The molecule has 0 N–H and O–H groups in total. The Kier molecular flexibility index (Phi) is 1.23. The van der Waals surface area contributed by atoms with Crippen LogP contribution < -0.4 is 0 Å². The van der Waals surface area contributed by atoms with Crippen LogP contribution in [0.5, 0.6) is 0 Å². The van der Waals surface area contributed by atoms with E-state index in [2.05, 4.69) is 16.7 Å². The van der Waals surface area contributed by atoms with E-state index in [1.807, 2.05) is 0 Å². The third-order valence-electron chi connectivity index (χ3n) is 1.99. The molecule has 2 aliphatic rings. The number of hydrogen-bond acceptors (Lipinski definition) is 2. The first-order valence-corrected chi connectivity index (χ1v) is 4.37. The molecule has 1 nitrogen and oxygen atoms in total. The number of fused-ring (bicyclic) bond motifs is 1. The quantitative estimate of drug-likeness (QED) is 0.483. The Morgan fingerprint density at radius 1 is 1.38 bits per heavy atom. The molecule has 0 aliphatic carbocycles. The Hall–Kier alpha value is 0.310. The average molecular weight is 129 g/mol. The van der Waals surface area contributed by atoms with Crippen LogP contribution in [0.25, 0.3) is 0 Å². The highest BCUT2D eigenvalue weighted by atomic mass is 32.2. The lowest BCUT2D eigenvalue weighted by molar-refractivity contribution is 0.356. The molecule has 2 heteroatoms. The Bertz CT molecular complexity index is 74.5. The molecule has 0 aromatic rings. The zero-order chi connectivity index (χ0) is 5.40. The molecular formula is C6H11NS. The largest absolute Gasteiger partial charge is 0.291 e. The van der Waals surface area contributed by atoms with Gasteiger partial charge in [-0.15, -0.1) is 11.8 Å². The van der Waals surface area contributed by atoms with Crippen LogP contribution >= 0.6 is 11.8 Å². The van der Waals surface area contributed by atoms with Gasteiger partial charge >= 0.3 is 0 Å². The van der Waals surface area contributed by atoms with Gasteiger partial charge in [-0.25, -0.2) is 0 Å². The first kappa shape index (κ1) is 5.12. The van der Waals surface area contributed by atoms with E-state index < -0.39 is 0 Å². The van der Waals surface area contributed by atoms with Gasteiger partial charge in [0.15, 0.2) is 0 Å². The van der Waals surface area contributed by atoms with Crippen molar-refractivity contribution in [2.24, 2.45) is 0 Å². The highest BCUT2D eigenvalue weighted by molar-refractivity contribution is 8.00. The molecule has 0 radical (unpaired) electrons. The SMILES string of the molecule is C1C[C@H]2SCCN2C1. The molecule has 0 aromatic carbocycles. The van der Waals surface area contributed by atoms with E-state index in [9.17, 15) is 0 Å². The van der Waals surface area contributed by atoms with Crippen LogP contribution in [0.1, 0.15) is 12.8 Å². The zero-order valence-corrected chi connectivity index (χ0v) is 5.78. The summed E-state index contributed by atoms with van der Waals surface area (Å²) in [4.78, 5) is 2.60. The third-order valence-corrected chi connectivity index (χ3v) is 3.33. The molecule has 0 unspecified atom stereocenters. The maximum Gasteiger partial charge on any atom is 0.0558 e. The molecule has 0 aromatic heterocycles. The van der Waals surface area contributed by atoms with Crippen molar-refractivity contribution in [1.29, 1.82) is 0 Å². The van der Waals surface area contributed by atoms with E-state index in [0.717, 1.165) is 5.37 Å². The molecule has 46 valence electrons. The summed E-state index contributed by atoms with van der Waals surface area (Å²) >= 11 is 2.14. The second-order valence-corrected chi connectivity index (χ2v) is 3.79.